The molecule has 0 bridgehead atoms. The van der Waals surface area contributed by atoms with Crippen LogP contribution in [-0.2, 0) is 17.1 Å². The van der Waals surface area contributed by atoms with E-state index in [1.54, 1.807) is 56.8 Å². The first-order valence-electron chi connectivity index (χ1n) is 11.9. The molecule has 192 valence electrons. The number of nitrogens with zero attached hydrogens (tertiary/aromatic N) is 3. The second-order valence-electron chi connectivity index (χ2n) is 9.02. The molecular weight excluding hydrogens is 490 g/mol. The van der Waals surface area contributed by atoms with Gasteiger partial charge in [0.15, 0.2) is 17.1 Å². The molecule has 9 heteroatoms. The maximum absolute atomic E-state index is 14.2. The van der Waals surface area contributed by atoms with E-state index in [2.05, 4.69) is 4.98 Å². The average molecular weight is 520 g/mol. The van der Waals surface area contributed by atoms with Crippen molar-refractivity contribution in [2.24, 2.45) is 7.05 Å². The van der Waals surface area contributed by atoms with Gasteiger partial charge in [-0.1, -0.05) is 24.6 Å². The molecule has 0 aliphatic carbocycles. The van der Waals surface area contributed by atoms with E-state index in [1.165, 1.54) is 3.97 Å². The first-order chi connectivity index (χ1) is 17.7. The first-order valence-corrected chi connectivity index (χ1v) is 13.4. The summed E-state index contributed by atoms with van der Waals surface area (Å²) in [6.07, 6.45) is 2.91. The van der Waals surface area contributed by atoms with Crippen LogP contribution in [0.15, 0.2) is 65.8 Å². The minimum Gasteiger partial charge on any atom is -0.493 e. The van der Waals surface area contributed by atoms with E-state index in [4.69, 9.17) is 9.47 Å². The second-order valence-corrected chi connectivity index (χ2v) is 10.8. The predicted octanol–water partition coefficient (Wildman–Crippen LogP) is 5.20. The van der Waals surface area contributed by atoms with Gasteiger partial charge in [-0.3, -0.25) is 0 Å². The van der Waals surface area contributed by atoms with Gasteiger partial charge in [0, 0.05) is 47.4 Å². The maximum atomic E-state index is 14.2. The van der Waals surface area contributed by atoms with E-state index in [1.807, 2.05) is 43.8 Å². The van der Waals surface area contributed by atoms with Gasteiger partial charge in [0.1, 0.15) is 0 Å². The lowest BCUT2D eigenvalue weighted by Crippen LogP contribution is -2.15. The molecule has 1 atom stereocenters. The van der Waals surface area contributed by atoms with E-state index in [9.17, 15) is 13.5 Å². The summed E-state index contributed by atoms with van der Waals surface area (Å²) >= 11 is 0. The highest BCUT2D eigenvalue weighted by Gasteiger charge is 2.32. The third kappa shape index (κ3) is 3.86. The molecule has 1 unspecified atom stereocenters. The summed E-state index contributed by atoms with van der Waals surface area (Å²) in [5.74, 6) is 1.08. The van der Waals surface area contributed by atoms with Crippen LogP contribution in [0.4, 0.5) is 0 Å². The Morgan fingerprint density at radius 3 is 2.35 bits per heavy atom. The van der Waals surface area contributed by atoms with Gasteiger partial charge in [0.2, 0.25) is 0 Å². The third-order valence-electron chi connectivity index (χ3n) is 6.76. The van der Waals surface area contributed by atoms with Crippen LogP contribution in [0.3, 0.4) is 0 Å². The van der Waals surface area contributed by atoms with Crippen molar-refractivity contribution in [3.63, 3.8) is 0 Å². The highest BCUT2D eigenvalue weighted by atomic mass is 32.2. The number of fused-ring (bicyclic) bond motifs is 2. The lowest BCUT2D eigenvalue weighted by molar-refractivity contribution is 0.176. The molecule has 0 radical (unpaired) electrons. The van der Waals surface area contributed by atoms with Crippen molar-refractivity contribution in [3.8, 4) is 22.8 Å². The van der Waals surface area contributed by atoms with Crippen molar-refractivity contribution in [2.75, 3.05) is 14.2 Å². The Hall–Kier alpha value is -3.82. The number of hydrogen-bond donors (Lipinski definition) is 1. The number of aliphatic hydroxyl groups excluding tert-OH is 1. The highest BCUT2D eigenvalue weighted by molar-refractivity contribution is 7.90. The Labute approximate surface area is 215 Å². The SMILES string of the molecule is CCC(O)c1c(-c2cn(C)c3cc(OC)c(OC)cc23)n(S(=O)(=O)c2ccc(C)cc2)c2ncccc12. The Morgan fingerprint density at radius 1 is 1.03 bits per heavy atom. The van der Waals surface area contributed by atoms with Crippen molar-refractivity contribution in [2.45, 2.75) is 31.3 Å². The van der Waals surface area contributed by atoms with Gasteiger partial charge in [0.05, 0.1) is 36.4 Å². The molecule has 0 saturated carbocycles. The Morgan fingerprint density at radius 2 is 1.70 bits per heavy atom. The van der Waals surface area contributed by atoms with Gasteiger partial charge in [-0.25, -0.2) is 17.4 Å². The average Bonchev–Trinajstić information content (AvgIpc) is 3.42. The Balaban J connectivity index is 1.96. The summed E-state index contributed by atoms with van der Waals surface area (Å²) in [6, 6.07) is 14.0. The maximum Gasteiger partial charge on any atom is 0.269 e. The number of pyridine rings is 1. The van der Waals surface area contributed by atoms with E-state index in [-0.39, 0.29) is 10.5 Å². The van der Waals surface area contributed by atoms with Gasteiger partial charge in [-0.2, -0.15) is 0 Å². The van der Waals surface area contributed by atoms with Crippen LogP contribution in [0.25, 0.3) is 33.2 Å². The Kier molecular flexibility index (Phi) is 6.21. The van der Waals surface area contributed by atoms with Crippen LogP contribution in [0, 0.1) is 6.92 Å². The second kappa shape index (κ2) is 9.24. The lowest BCUT2D eigenvalue weighted by Gasteiger charge is -2.15. The van der Waals surface area contributed by atoms with E-state index < -0.39 is 16.1 Å². The predicted molar refractivity (Wildman–Crippen MR) is 144 cm³/mol. The summed E-state index contributed by atoms with van der Waals surface area (Å²) in [7, 11) is 0.917. The quantitative estimate of drug-likeness (QED) is 0.318. The van der Waals surface area contributed by atoms with Crippen LogP contribution < -0.4 is 9.47 Å². The van der Waals surface area contributed by atoms with E-state index in [0.29, 0.717) is 40.1 Å². The van der Waals surface area contributed by atoms with Gasteiger partial charge in [-0.15, -0.1) is 0 Å². The smallest absolute Gasteiger partial charge is 0.269 e. The number of aromatic nitrogens is 3. The van der Waals surface area contributed by atoms with Crippen LogP contribution in [0.2, 0.25) is 0 Å². The first kappa shape index (κ1) is 24.9. The summed E-state index contributed by atoms with van der Waals surface area (Å²) in [4.78, 5) is 4.62. The molecule has 0 aliphatic rings. The molecule has 5 aromatic rings. The zero-order valence-electron chi connectivity index (χ0n) is 21.4. The molecule has 5 rings (SSSR count). The molecule has 0 fully saturated rings. The van der Waals surface area contributed by atoms with Gasteiger partial charge in [0.25, 0.3) is 10.0 Å². The minimum atomic E-state index is -4.09. The summed E-state index contributed by atoms with van der Waals surface area (Å²) in [6.45, 7) is 3.77. The van der Waals surface area contributed by atoms with Crippen LogP contribution in [0.1, 0.15) is 30.6 Å². The molecule has 2 aromatic carbocycles. The largest absolute Gasteiger partial charge is 0.493 e. The number of benzene rings is 2. The van der Waals surface area contributed by atoms with Crippen molar-refractivity contribution in [3.05, 3.63) is 72.1 Å². The van der Waals surface area contributed by atoms with Crippen LogP contribution >= 0.6 is 0 Å². The van der Waals surface area contributed by atoms with E-state index >= 15 is 0 Å². The van der Waals surface area contributed by atoms with Crippen molar-refractivity contribution < 1.29 is 23.0 Å². The zero-order valence-corrected chi connectivity index (χ0v) is 22.2. The number of aliphatic hydroxyl groups is 1. The Bertz CT molecular complexity index is 1730. The zero-order chi connectivity index (χ0) is 26.5. The molecule has 37 heavy (non-hydrogen) atoms. The molecule has 3 aromatic heterocycles. The van der Waals surface area contributed by atoms with Crippen molar-refractivity contribution in [1.29, 1.82) is 0 Å². The van der Waals surface area contributed by atoms with Crippen molar-refractivity contribution in [1.82, 2.24) is 13.5 Å². The molecule has 0 amide bonds. The minimum absolute atomic E-state index is 0.138. The molecule has 3 heterocycles. The lowest BCUT2D eigenvalue weighted by atomic mass is 9.99. The number of methoxy groups -OCH3 is 2. The number of hydrogen-bond acceptors (Lipinski definition) is 6. The highest BCUT2D eigenvalue weighted by Crippen LogP contribution is 2.45. The van der Waals surface area contributed by atoms with Crippen LogP contribution in [-0.4, -0.2) is 41.3 Å². The normalized spacial score (nSPS) is 12.8. The molecule has 8 nitrogen and oxygen atoms in total. The fraction of sp³-hybridized carbons (Fsp3) is 0.250. The standard InChI is InChI=1S/C28H29N3O5S/c1-6-23(32)26-19-8-7-13-29-28(19)31(37(33,34)18-11-9-17(2)10-12-18)27(26)21-16-30(3)22-15-25(36-5)24(35-4)14-20(21)22/h7-16,23,32H,6H2,1-5H3. The number of aryl methyl sites for hydroxylation is 2. The van der Waals surface area contributed by atoms with Crippen molar-refractivity contribution >= 4 is 32.0 Å². The van der Waals surface area contributed by atoms with Gasteiger partial charge in [-0.05, 0) is 43.7 Å². The monoisotopic (exact) mass is 519 g/mol. The molecular formula is C28H29N3O5S. The fourth-order valence-corrected chi connectivity index (χ4v) is 6.36. The summed E-state index contributed by atoms with van der Waals surface area (Å²) < 4.78 is 42.7. The number of ether oxygens (including phenoxy) is 2. The van der Waals surface area contributed by atoms with Gasteiger partial charge >= 0.3 is 0 Å². The number of rotatable bonds is 7. The molecule has 0 aliphatic heterocycles. The van der Waals surface area contributed by atoms with Gasteiger partial charge < -0.3 is 19.1 Å². The molecule has 0 saturated heterocycles. The molecule has 1 N–H and O–H groups in total. The van der Waals surface area contributed by atoms with Crippen LogP contribution in [0.5, 0.6) is 11.5 Å². The fourth-order valence-electron chi connectivity index (χ4n) is 4.85. The topological polar surface area (TPSA) is 95.6 Å². The van der Waals surface area contributed by atoms with E-state index in [0.717, 1.165) is 16.5 Å². The molecule has 0 spiro atoms. The summed E-state index contributed by atoms with van der Waals surface area (Å²) in [5.41, 5.74) is 3.56. The third-order valence-corrected chi connectivity index (χ3v) is 8.46. The summed E-state index contributed by atoms with van der Waals surface area (Å²) in [5, 5.41) is 12.6.